The zero-order valence-corrected chi connectivity index (χ0v) is 39.8. The van der Waals surface area contributed by atoms with Gasteiger partial charge in [0.05, 0.1) is 16.6 Å². The molecule has 0 spiro atoms. The molecule has 14 rings (SSSR count). The summed E-state index contributed by atoms with van der Waals surface area (Å²) in [4.78, 5) is 38.2. The average molecular weight is 951 g/mol. The molecule has 6 heterocycles. The summed E-state index contributed by atoms with van der Waals surface area (Å²) in [5.74, 6) is 3.61. The van der Waals surface area contributed by atoms with Crippen LogP contribution in [0.25, 0.3) is 130 Å². The highest BCUT2D eigenvalue weighted by Crippen LogP contribution is 2.40. The number of nitrogens with zero attached hydrogens (tertiary/aromatic N) is 10. The van der Waals surface area contributed by atoms with Gasteiger partial charge in [0, 0.05) is 97.0 Å². The Labute approximate surface area is 425 Å². The molecule has 6 aromatic heterocycles. The molecule has 10 nitrogen and oxygen atoms in total. The van der Waals surface area contributed by atoms with Crippen LogP contribution in [0.5, 0.6) is 0 Å². The van der Waals surface area contributed by atoms with Crippen molar-refractivity contribution in [3.8, 4) is 90.8 Å². The highest BCUT2D eigenvalue weighted by Gasteiger charge is 2.22. The lowest BCUT2D eigenvalue weighted by molar-refractivity contribution is 0.888. The van der Waals surface area contributed by atoms with Crippen molar-refractivity contribution < 1.29 is 0 Å². The van der Waals surface area contributed by atoms with Crippen molar-refractivity contribution in [3.05, 3.63) is 236 Å². The van der Waals surface area contributed by atoms with Gasteiger partial charge in [0.15, 0.2) is 34.9 Å². The minimum Gasteiger partial charge on any atom is -0.313 e. The SMILES string of the molecule is C1=Cc2c(n(-c3ccc(-c4nc(-c5ccccc5)nc(-c5cccnc5)n4)cc3)c3ccc(-c4ccc5c(c4)c4ccccc4n5-c4ccc(-c5nc(-c6ccccc6)nc(-c6cccnc6)n5)cc4)cc23)CC1. The fourth-order valence-corrected chi connectivity index (χ4v) is 10.3. The fourth-order valence-electron chi connectivity index (χ4n) is 10.3. The van der Waals surface area contributed by atoms with Crippen LogP contribution in [0.3, 0.4) is 0 Å². The quantitative estimate of drug-likeness (QED) is 0.141. The van der Waals surface area contributed by atoms with Crippen LogP contribution in [-0.4, -0.2) is 49.0 Å². The van der Waals surface area contributed by atoms with Gasteiger partial charge in [0.25, 0.3) is 0 Å². The molecule has 348 valence electrons. The van der Waals surface area contributed by atoms with Crippen molar-refractivity contribution in [2.45, 2.75) is 12.8 Å². The Morgan fingerprint density at radius 3 is 1.27 bits per heavy atom. The van der Waals surface area contributed by atoms with Crippen LogP contribution in [-0.2, 0) is 6.42 Å². The lowest BCUT2D eigenvalue weighted by atomic mass is 9.98. The van der Waals surface area contributed by atoms with Gasteiger partial charge < -0.3 is 9.13 Å². The average Bonchev–Trinajstić information content (AvgIpc) is 4.00. The minimum absolute atomic E-state index is 0.579. The summed E-state index contributed by atoms with van der Waals surface area (Å²) in [6, 6.07) is 67.4. The predicted octanol–water partition coefficient (Wildman–Crippen LogP) is 14.5. The van der Waals surface area contributed by atoms with E-state index >= 15 is 0 Å². The molecule has 0 saturated carbocycles. The summed E-state index contributed by atoms with van der Waals surface area (Å²) < 4.78 is 4.77. The number of benzene rings is 7. The fraction of sp³-hybridized carbons (Fsp3) is 0.0312. The van der Waals surface area contributed by atoms with Gasteiger partial charge in [-0.25, -0.2) is 29.9 Å². The first-order valence-electron chi connectivity index (χ1n) is 24.7. The summed E-state index contributed by atoms with van der Waals surface area (Å²) >= 11 is 0. The van der Waals surface area contributed by atoms with Crippen LogP contribution in [0.4, 0.5) is 0 Å². The zero-order chi connectivity index (χ0) is 49.0. The Hall–Kier alpha value is -10.1. The molecule has 0 radical (unpaired) electrons. The molecule has 1 aliphatic rings. The van der Waals surface area contributed by atoms with Gasteiger partial charge in [-0.3, -0.25) is 9.97 Å². The molecule has 10 heteroatoms. The number of hydrogen-bond acceptors (Lipinski definition) is 8. The Morgan fingerprint density at radius 1 is 0.324 bits per heavy atom. The minimum atomic E-state index is 0.579. The third kappa shape index (κ3) is 7.60. The third-order valence-electron chi connectivity index (χ3n) is 13.9. The molecule has 0 unspecified atom stereocenters. The van der Waals surface area contributed by atoms with Gasteiger partial charge in [-0.1, -0.05) is 103 Å². The largest absolute Gasteiger partial charge is 0.313 e. The summed E-state index contributed by atoms with van der Waals surface area (Å²) in [6.07, 6.45) is 13.6. The molecule has 0 bridgehead atoms. The number of allylic oxidation sites excluding steroid dienone is 1. The molecule has 0 saturated heterocycles. The Morgan fingerprint density at radius 2 is 0.743 bits per heavy atom. The molecule has 0 N–H and O–H groups in total. The van der Waals surface area contributed by atoms with Gasteiger partial charge >= 0.3 is 0 Å². The number of rotatable bonds is 9. The Bertz CT molecular complexity index is 4150. The highest BCUT2D eigenvalue weighted by atomic mass is 15.1. The lowest BCUT2D eigenvalue weighted by Gasteiger charge is -2.14. The number of para-hydroxylation sites is 1. The molecule has 0 atom stereocenters. The van der Waals surface area contributed by atoms with Crippen molar-refractivity contribution in [3.63, 3.8) is 0 Å². The molecular weight excluding hydrogens is 909 g/mol. The molecule has 1 aliphatic carbocycles. The Balaban J connectivity index is 0.811. The predicted molar refractivity (Wildman–Crippen MR) is 295 cm³/mol. The maximum absolute atomic E-state index is 4.97. The first kappa shape index (κ1) is 42.8. The van der Waals surface area contributed by atoms with Crippen molar-refractivity contribution >= 4 is 38.8 Å². The van der Waals surface area contributed by atoms with Crippen LogP contribution in [0.15, 0.2) is 225 Å². The van der Waals surface area contributed by atoms with Crippen LogP contribution >= 0.6 is 0 Å². The van der Waals surface area contributed by atoms with E-state index in [-0.39, 0.29) is 0 Å². The maximum Gasteiger partial charge on any atom is 0.165 e. The molecule has 0 amide bonds. The number of pyridine rings is 2. The van der Waals surface area contributed by atoms with E-state index < -0.39 is 0 Å². The summed E-state index contributed by atoms with van der Waals surface area (Å²) in [6.45, 7) is 0. The van der Waals surface area contributed by atoms with Gasteiger partial charge in [-0.2, -0.15) is 0 Å². The summed E-state index contributed by atoms with van der Waals surface area (Å²) in [5.41, 5.74) is 15.8. The van der Waals surface area contributed by atoms with E-state index in [9.17, 15) is 0 Å². The third-order valence-corrected chi connectivity index (χ3v) is 13.9. The van der Waals surface area contributed by atoms with Gasteiger partial charge in [0.1, 0.15) is 0 Å². The number of hydrogen-bond donors (Lipinski definition) is 0. The highest BCUT2D eigenvalue weighted by molar-refractivity contribution is 6.11. The van der Waals surface area contributed by atoms with Crippen LogP contribution in [0, 0.1) is 0 Å². The van der Waals surface area contributed by atoms with Crippen molar-refractivity contribution in [1.29, 1.82) is 0 Å². The van der Waals surface area contributed by atoms with Crippen molar-refractivity contribution in [2.24, 2.45) is 0 Å². The van der Waals surface area contributed by atoms with Gasteiger partial charge in [0.2, 0.25) is 0 Å². The van der Waals surface area contributed by atoms with Crippen molar-refractivity contribution in [1.82, 2.24) is 49.0 Å². The molecule has 74 heavy (non-hydrogen) atoms. The van der Waals surface area contributed by atoms with Crippen LogP contribution in [0.2, 0.25) is 0 Å². The van der Waals surface area contributed by atoms with E-state index in [1.807, 2.05) is 84.9 Å². The lowest BCUT2D eigenvalue weighted by Crippen LogP contribution is -2.03. The smallest absolute Gasteiger partial charge is 0.165 e. The maximum atomic E-state index is 4.97. The van der Waals surface area contributed by atoms with Crippen LogP contribution < -0.4 is 0 Å². The van der Waals surface area contributed by atoms with Gasteiger partial charge in [-0.05, 0) is 127 Å². The zero-order valence-electron chi connectivity index (χ0n) is 39.8. The van der Waals surface area contributed by atoms with Crippen LogP contribution in [0.1, 0.15) is 17.7 Å². The standard InChI is InChI=1S/C64H42N10/c1-3-13-41(14-4-1)59-67-61(71-63(69-59)47-17-11-35-65-39-47)43-23-29-49(30-24-43)73-55-21-9-7-19-51(55)53-37-45(27-33-57(53)73)46-28-34-58-54(38-46)52-20-8-10-22-56(52)74(58)50-31-25-44(26-32-50)62-68-60(42-15-5-2-6-16-42)70-64(72-62)48-18-12-36-66-40-48/h1-9,11-21,23-40H,10,22H2. The number of fused-ring (bicyclic) bond motifs is 6. The molecule has 7 aromatic carbocycles. The second-order valence-electron chi connectivity index (χ2n) is 18.4. The molecule has 0 aliphatic heterocycles. The van der Waals surface area contributed by atoms with E-state index in [2.05, 4.69) is 140 Å². The first-order valence-corrected chi connectivity index (χ1v) is 24.7. The summed E-state index contributed by atoms with van der Waals surface area (Å²) in [5, 5.41) is 3.61. The first-order chi connectivity index (χ1) is 36.7. The molecule has 13 aromatic rings. The second-order valence-corrected chi connectivity index (χ2v) is 18.4. The Kier molecular flexibility index (Phi) is 10.4. The second kappa shape index (κ2) is 18.0. The van der Waals surface area contributed by atoms with E-state index in [1.54, 1.807) is 24.8 Å². The van der Waals surface area contributed by atoms with E-state index in [0.717, 1.165) is 74.2 Å². The topological polar surface area (TPSA) is 113 Å². The van der Waals surface area contributed by atoms with E-state index in [4.69, 9.17) is 29.9 Å². The monoisotopic (exact) mass is 950 g/mol. The van der Waals surface area contributed by atoms with E-state index in [0.29, 0.717) is 34.9 Å². The van der Waals surface area contributed by atoms with Gasteiger partial charge in [-0.15, -0.1) is 0 Å². The number of aromatic nitrogens is 10. The van der Waals surface area contributed by atoms with E-state index in [1.165, 1.54) is 38.5 Å². The normalized spacial score (nSPS) is 12.2. The summed E-state index contributed by atoms with van der Waals surface area (Å²) in [7, 11) is 0. The molecular formula is C64H42N10. The van der Waals surface area contributed by atoms with Crippen molar-refractivity contribution in [2.75, 3.05) is 0 Å². The molecule has 0 fully saturated rings.